The second-order valence-electron chi connectivity index (χ2n) is 26.0. The molecular weight excluding hydrogens is 1000 g/mol. The number of aliphatic carboxylic acids is 1. The van der Waals surface area contributed by atoms with Crippen LogP contribution in [0.1, 0.15) is 107 Å². The minimum absolute atomic E-state index is 0.0217. The quantitative estimate of drug-likeness (QED) is 0.0797. The molecule has 8 fully saturated rings. The third-order valence-electron chi connectivity index (χ3n) is 21.4. The molecule has 5 aliphatic carbocycles. The lowest BCUT2D eigenvalue weighted by Gasteiger charge is -2.72. The summed E-state index contributed by atoms with van der Waals surface area (Å²) in [6.07, 6.45) is -27.3. The molecule has 23 heteroatoms. The standard InChI is InChI=1S/C53H86O23/c1-21-29(57)32(60)37(65)45(70-21)74-39-33(61)31(59)25(18-54)71-46(39)75-40-35(63)34(62)38(43(67)68)73-47(40)72-28-12-13-50(5)26(51(28,6)20-55)11-14-53(8)27(50)10-9-22-23-17-48(2,3)42(41(66)49(23,4)15-16-52(22,53)7)76-44-36(64)30(58)24(56)19-69-44/h9,21,23-42,44-47,54-66H,10-20H2,1-8H3,(H,67,68)/t21-,23+,24-,25+,26+,27+,28-,29-,30-,31-,32+,33-,34-,35-,36+,37+,38-,39+,40+,41+,42+,44-,45-,46-,47+,49+,50-,51+,52+,53+/m0/s1. The molecule has 4 aliphatic heterocycles. The monoisotopic (exact) mass is 1090 g/mol. The summed E-state index contributed by atoms with van der Waals surface area (Å²) in [4.78, 5) is 12.6. The molecule has 0 bridgehead atoms. The lowest BCUT2D eigenvalue weighted by molar-refractivity contribution is -0.396. The number of hydrogen-bond donors (Lipinski definition) is 14. The largest absolute Gasteiger partial charge is 0.479 e. The van der Waals surface area contributed by atoms with Crippen LogP contribution in [0.5, 0.6) is 0 Å². The van der Waals surface area contributed by atoms with Gasteiger partial charge in [0.15, 0.2) is 31.3 Å². The van der Waals surface area contributed by atoms with Gasteiger partial charge in [-0.05, 0) is 97.7 Å². The van der Waals surface area contributed by atoms with Crippen LogP contribution in [-0.2, 0) is 42.7 Å². The number of carbonyl (C=O) groups is 1. The fourth-order valence-electron chi connectivity index (χ4n) is 16.4. The smallest absolute Gasteiger partial charge is 0.335 e. The Kier molecular flexibility index (Phi) is 16.3. The van der Waals surface area contributed by atoms with Gasteiger partial charge in [-0.2, -0.15) is 0 Å². The van der Waals surface area contributed by atoms with Gasteiger partial charge in [0.1, 0.15) is 79.4 Å². The normalized spacial score (nSPS) is 56.3. The van der Waals surface area contributed by atoms with Gasteiger partial charge in [-0.3, -0.25) is 0 Å². The highest BCUT2D eigenvalue weighted by Gasteiger charge is 2.71. The van der Waals surface area contributed by atoms with Crippen LogP contribution in [0.2, 0.25) is 0 Å². The number of fused-ring (bicyclic) bond motifs is 7. The van der Waals surface area contributed by atoms with E-state index in [-0.39, 0.29) is 47.2 Å². The fourth-order valence-corrected chi connectivity index (χ4v) is 16.4. The Morgan fingerprint density at radius 2 is 1.26 bits per heavy atom. The molecule has 9 rings (SSSR count). The molecule has 0 radical (unpaired) electrons. The van der Waals surface area contributed by atoms with E-state index >= 15 is 0 Å². The first-order valence-electron chi connectivity index (χ1n) is 27.3. The van der Waals surface area contributed by atoms with Crippen molar-refractivity contribution < 1.29 is 114 Å². The Morgan fingerprint density at radius 3 is 1.91 bits per heavy atom. The topological polar surface area (TPSA) is 374 Å². The van der Waals surface area contributed by atoms with E-state index < -0.39 is 164 Å². The molecule has 4 saturated heterocycles. The van der Waals surface area contributed by atoms with Gasteiger partial charge in [-0.1, -0.05) is 60.1 Å². The Morgan fingerprint density at radius 1 is 0.632 bits per heavy atom. The first kappa shape index (κ1) is 59.0. The van der Waals surface area contributed by atoms with E-state index in [1.807, 2.05) is 20.8 Å². The molecule has 0 aromatic heterocycles. The van der Waals surface area contributed by atoms with E-state index in [9.17, 15) is 76.3 Å². The van der Waals surface area contributed by atoms with Crippen molar-refractivity contribution in [2.45, 2.75) is 242 Å². The Labute approximate surface area is 442 Å². The first-order valence-corrected chi connectivity index (χ1v) is 27.3. The highest BCUT2D eigenvalue weighted by molar-refractivity contribution is 5.73. The van der Waals surface area contributed by atoms with Crippen LogP contribution in [0, 0.1) is 50.2 Å². The van der Waals surface area contributed by atoms with Crippen molar-refractivity contribution in [3.63, 3.8) is 0 Å². The number of hydrogen-bond acceptors (Lipinski definition) is 22. The Bertz CT molecular complexity index is 2120. The van der Waals surface area contributed by atoms with Crippen LogP contribution in [0.15, 0.2) is 11.6 Å². The molecule has 0 amide bonds. The van der Waals surface area contributed by atoms with E-state index in [1.165, 1.54) is 12.5 Å². The molecule has 4 saturated carbocycles. The van der Waals surface area contributed by atoms with Crippen LogP contribution < -0.4 is 0 Å². The zero-order valence-corrected chi connectivity index (χ0v) is 44.7. The zero-order valence-electron chi connectivity index (χ0n) is 44.7. The number of ether oxygens (including phenoxy) is 8. The molecule has 0 aromatic carbocycles. The van der Waals surface area contributed by atoms with Gasteiger partial charge in [0, 0.05) is 10.8 Å². The van der Waals surface area contributed by atoms with Crippen molar-refractivity contribution in [3.05, 3.63) is 11.6 Å². The summed E-state index contributed by atoms with van der Waals surface area (Å²) in [5, 5.41) is 153. The number of allylic oxidation sites excluding steroid dienone is 2. The van der Waals surface area contributed by atoms with Crippen molar-refractivity contribution in [1.82, 2.24) is 0 Å². The molecule has 9 aliphatic rings. The predicted octanol–water partition coefficient (Wildman–Crippen LogP) is -1.86. The molecule has 0 aromatic rings. The first-order chi connectivity index (χ1) is 35.4. The summed E-state index contributed by atoms with van der Waals surface area (Å²) in [6.45, 7) is 15.1. The summed E-state index contributed by atoms with van der Waals surface area (Å²) in [7, 11) is 0. The lowest BCUT2D eigenvalue weighted by atomic mass is 9.33. The van der Waals surface area contributed by atoms with Crippen LogP contribution in [0.4, 0.5) is 0 Å². The molecule has 436 valence electrons. The third kappa shape index (κ3) is 9.18. The second kappa shape index (κ2) is 21.0. The van der Waals surface area contributed by atoms with Crippen molar-refractivity contribution in [1.29, 1.82) is 0 Å². The number of carboxylic acid groups (broad SMARTS) is 1. The maximum absolute atomic E-state index is 12.6. The maximum Gasteiger partial charge on any atom is 0.335 e. The second-order valence-corrected chi connectivity index (χ2v) is 26.0. The SMILES string of the molecule is C[C@@H]1O[C@@H](O[C@H]2[C@H](O[C@H]3[C@H](O[C@H]4CC[C@@]5(C)[C@@H](CC[C@]6(C)[C@@H]5CC=C5[C@H]7CC(C)(C)[C@H](O[C@@H]8OC[C@H](O)[C@H](O)[C@H]8O)[C@@H](O)[C@]7(C)CC[C@]56C)[C@@]4(C)CO)O[C@H](C(=O)O)[C@@H](O)[C@@H]3O)O[C@H](CO)[C@H](O)[C@@H]2O)[C@H](O)[C@H](O)[C@H]1O. The van der Waals surface area contributed by atoms with Crippen LogP contribution in [-0.4, -0.2) is 232 Å². The van der Waals surface area contributed by atoms with Crippen molar-refractivity contribution >= 4 is 5.97 Å². The zero-order chi connectivity index (χ0) is 55.7. The molecule has 30 atom stereocenters. The highest BCUT2D eigenvalue weighted by atomic mass is 16.8. The summed E-state index contributed by atoms with van der Waals surface area (Å²) in [5.41, 5.74) is -1.84. The average Bonchev–Trinajstić information content (AvgIpc) is 3.37. The molecule has 0 unspecified atom stereocenters. The predicted molar refractivity (Wildman–Crippen MR) is 259 cm³/mol. The van der Waals surface area contributed by atoms with Crippen LogP contribution in [0.3, 0.4) is 0 Å². The summed E-state index contributed by atoms with van der Waals surface area (Å²) in [5.74, 6) is -1.71. The molecular formula is C53H86O23. The minimum Gasteiger partial charge on any atom is -0.479 e. The van der Waals surface area contributed by atoms with Crippen molar-refractivity contribution in [3.8, 4) is 0 Å². The van der Waals surface area contributed by atoms with Gasteiger partial charge in [0.25, 0.3) is 0 Å². The molecule has 76 heavy (non-hydrogen) atoms. The van der Waals surface area contributed by atoms with Crippen LogP contribution >= 0.6 is 0 Å². The third-order valence-corrected chi connectivity index (χ3v) is 21.4. The van der Waals surface area contributed by atoms with E-state index in [2.05, 4.69) is 33.8 Å². The van der Waals surface area contributed by atoms with E-state index in [1.54, 1.807) is 0 Å². The summed E-state index contributed by atoms with van der Waals surface area (Å²) >= 11 is 0. The number of aliphatic hydroxyl groups is 13. The van der Waals surface area contributed by atoms with Crippen LogP contribution in [0.25, 0.3) is 0 Å². The molecule has 4 heterocycles. The van der Waals surface area contributed by atoms with E-state index in [0.29, 0.717) is 32.1 Å². The van der Waals surface area contributed by atoms with Gasteiger partial charge in [0.2, 0.25) is 0 Å². The van der Waals surface area contributed by atoms with Gasteiger partial charge < -0.3 is 109 Å². The Balaban J connectivity index is 0.969. The summed E-state index contributed by atoms with van der Waals surface area (Å²) in [6, 6.07) is 0. The van der Waals surface area contributed by atoms with Crippen molar-refractivity contribution in [2.24, 2.45) is 50.2 Å². The Hall–Kier alpha value is -1.63. The maximum atomic E-state index is 12.6. The molecule has 23 nitrogen and oxygen atoms in total. The average molecular weight is 1090 g/mol. The van der Waals surface area contributed by atoms with Crippen molar-refractivity contribution in [2.75, 3.05) is 19.8 Å². The van der Waals surface area contributed by atoms with E-state index in [4.69, 9.17) is 37.9 Å². The molecule has 14 N–H and O–H groups in total. The van der Waals surface area contributed by atoms with E-state index in [0.717, 1.165) is 19.3 Å². The number of aliphatic hydroxyl groups excluding tert-OH is 13. The number of rotatable bonds is 11. The lowest BCUT2D eigenvalue weighted by Crippen LogP contribution is -2.69. The highest BCUT2D eigenvalue weighted by Crippen LogP contribution is 2.76. The van der Waals surface area contributed by atoms with Gasteiger partial charge >= 0.3 is 5.97 Å². The summed E-state index contributed by atoms with van der Waals surface area (Å²) < 4.78 is 48.3. The minimum atomic E-state index is -2.11. The van der Waals surface area contributed by atoms with Gasteiger partial charge in [-0.15, -0.1) is 0 Å². The van der Waals surface area contributed by atoms with Gasteiger partial charge in [-0.25, -0.2) is 4.79 Å². The fraction of sp³-hybridized carbons (Fsp3) is 0.943. The number of carboxylic acids is 1. The molecule has 0 spiro atoms. The van der Waals surface area contributed by atoms with Gasteiger partial charge in [0.05, 0.1) is 44.2 Å².